The SMILES string of the molecule is CCCCn1c(-c2ccccc2)nc(S(=O)(=O)c2ccccc2)c1CN(Cc1ccc2c(c1)OCO2)Cc1ccc2c(c1)OCO2. The van der Waals surface area contributed by atoms with Crippen LogP contribution in [0.15, 0.2) is 107 Å². The molecule has 0 atom stereocenters. The molecular formula is C36H35N3O6S. The normalized spacial score (nSPS) is 13.4. The Morgan fingerprint density at radius 3 is 1.87 bits per heavy atom. The number of fused-ring (bicyclic) bond motifs is 2. The highest BCUT2D eigenvalue weighted by molar-refractivity contribution is 7.91. The number of rotatable bonds is 12. The van der Waals surface area contributed by atoms with E-state index in [4.69, 9.17) is 23.9 Å². The molecule has 0 amide bonds. The first-order valence-corrected chi connectivity index (χ1v) is 16.9. The number of benzene rings is 4. The van der Waals surface area contributed by atoms with Crippen LogP contribution in [0.2, 0.25) is 0 Å². The zero-order chi connectivity index (χ0) is 31.5. The lowest BCUT2D eigenvalue weighted by Gasteiger charge is -2.25. The monoisotopic (exact) mass is 637 g/mol. The molecule has 4 aromatic carbocycles. The maximum Gasteiger partial charge on any atom is 0.231 e. The van der Waals surface area contributed by atoms with Crippen molar-refractivity contribution in [3.05, 3.63) is 114 Å². The van der Waals surface area contributed by atoms with E-state index in [9.17, 15) is 8.42 Å². The van der Waals surface area contributed by atoms with Crippen LogP contribution in [0.25, 0.3) is 11.4 Å². The lowest BCUT2D eigenvalue weighted by atomic mass is 10.1. The molecule has 0 fully saturated rings. The second-order valence-electron chi connectivity index (χ2n) is 11.4. The summed E-state index contributed by atoms with van der Waals surface area (Å²) < 4.78 is 53.2. The first-order valence-electron chi connectivity index (χ1n) is 15.4. The summed E-state index contributed by atoms with van der Waals surface area (Å²) in [5, 5.41) is 0.0787. The van der Waals surface area contributed by atoms with Crippen molar-refractivity contribution in [2.24, 2.45) is 0 Å². The van der Waals surface area contributed by atoms with Gasteiger partial charge in [-0.2, -0.15) is 0 Å². The Balaban J connectivity index is 1.35. The van der Waals surface area contributed by atoms with Gasteiger partial charge in [-0.3, -0.25) is 4.90 Å². The van der Waals surface area contributed by atoms with Gasteiger partial charge >= 0.3 is 0 Å². The second kappa shape index (κ2) is 12.9. The van der Waals surface area contributed by atoms with E-state index < -0.39 is 9.84 Å². The van der Waals surface area contributed by atoms with Gasteiger partial charge in [-0.25, -0.2) is 13.4 Å². The fraction of sp³-hybridized carbons (Fsp3) is 0.250. The molecular weight excluding hydrogens is 602 g/mol. The Morgan fingerprint density at radius 2 is 1.28 bits per heavy atom. The number of unbranched alkanes of at least 4 members (excludes halogenated alkanes) is 1. The molecule has 9 nitrogen and oxygen atoms in total. The van der Waals surface area contributed by atoms with Crippen LogP contribution in [0.1, 0.15) is 36.6 Å². The van der Waals surface area contributed by atoms with Crippen molar-refractivity contribution in [2.45, 2.75) is 55.9 Å². The molecule has 46 heavy (non-hydrogen) atoms. The second-order valence-corrected chi connectivity index (χ2v) is 13.3. The summed E-state index contributed by atoms with van der Waals surface area (Å²) in [6.07, 6.45) is 1.82. The summed E-state index contributed by atoms with van der Waals surface area (Å²) >= 11 is 0. The average molecular weight is 638 g/mol. The molecule has 2 aliphatic heterocycles. The third-order valence-electron chi connectivity index (χ3n) is 8.17. The molecule has 0 aliphatic carbocycles. The van der Waals surface area contributed by atoms with Gasteiger partial charge in [0, 0.05) is 31.7 Å². The molecule has 10 heteroatoms. The van der Waals surface area contributed by atoms with E-state index in [1.165, 1.54) is 0 Å². The summed E-state index contributed by atoms with van der Waals surface area (Å²) in [5.41, 5.74) is 3.55. The molecule has 0 saturated carbocycles. The van der Waals surface area contributed by atoms with Crippen LogP contribution in [0.4, 0.5) is 0 Å². The van der Waals surface area contributed by atoms with Crippen molar-refractivity contribution in [1.29, 1.82) is 0 Å². The number of aromatic nitrogens is 2. The molecule has 0 unspecified atom stereocenters. The van der Waals surface area contributed by atoms with E-state index in [1.807, 2.05) is 72.8 Å². The van der Waals surface area contributed by atoms with E-state index in [-0.39, 0.29) is 23.5 Å². The maximum absolute atomic E-state index is 14.3. The highest BCUT2D eigenvalue weighted by atomic mass is 32.2. The molecule has 2 aliphatic rings. The first kappa shape index (κ1) is 29.9. The predicted molar refractivity (Wildman–Crippen MR) is 173 cm³/mol. The van der Waals surface area contributed by atoms with Gasteiger partial charge in [0.2, 0.25) is 23.4 Å². The van der Waals surface area contributed by atoms with Crippen LogP contribution in [0, 0.1) is 0 Å². The van der Waals surface area contributed by atoms with E-state index >= 15 is 0 Å². The summed E-state index contributed by atoms with van der Waals surface area (Å²) in [6.45, 7) is 4.53. The topological polar surface area (TPSA) is 92.1 Å². The quantitative estimate of drug-likeness (QED) is 0.147. The minimum atomic E-state index is -3.94. The van der Waals surface area contributed by atoms with Gasteiger partial charge in [-0.05, 0) is 53.9 Å². The molecule has 0 radical (unpaired) electrons. The summed E-state index contributed by atoms with van der Waals surface area (Å²) in [5.74, 6) is 3.48. The zero-order valence-corrected chi connectivity index (χ0v) is 26.4. The maximum atomic E-state index is 14.3. The zero-order valence-electron chi connectivity index (χ0n) is 25.6. The van der Waals surface area contributed by atoms with Crippen LogP contribution in [-0.2, 0) is 36.0 Å². The number of imidazole rings is 1. The fourth-order valence-electron chi connectivity index (χ4n) is 5.88. The Bertz CT molecular complexity index is 1880. The van der Waals surface area contributed by atoms with Crippen LogP contribution >= 0.6 is 0 Å². The number of sulfone groups is 1. The molecule has 0 N–H and O–H groups in total. The van der Waals surface area contributed by atoms with Gasteiger partial charge in [-0.15, -0.1) is 0 Å². The minimum Gasteiger partial charge on any atom is -0.454 e. The van der Waals surface area contributed by atoms with Crippen LogP contribution < -0.4 is 18.9 Å². The highest BCUT2D eigenvalue weighted by Crippen LogP contribution is 2.36. The molecule has 3 heterocycles. The molecule has 0 bridgehead atoms. The molecule has 5 aromatic rings. The summed E-state index contributed by atoms with van der Waals surface area (Å²) in [6, 6.07) is 30.2. The average Bonchev–Trinajstić information content (AvgIpc) is 3.83. The lowest BCUT2D eigenvalue weighted by Crippen LogP contribution is -2.25. The Morgan fingerprint density at radius 1 is 0.717 bits per heavy atom. The number of ether oxygens (including phenoxy) is 4. The van der Waals surface area contributed by atoms with E-state index in [0.717, 1.165) is 29.5 Å². The Kier molecular flexibility index (Phi) is 8.38. The van der Waals surface area contributed by atoms with Gasteiger partial charge in [0.25, 0.3) is 0 Å². The van der Waals surface area contributed by atoms with Crippen molar-refractivity contribution >= 4 is 9.84 Å². The van der Waals surface area contributed by atoms with Crippen molar-refractivity contribution in [3.8, 4) is 34.4 Å². The molecule has 1 aromatic heterocycles. The van der Waals surface area contributed by atoms with Crippen molar-refractivity contribution in [3.63, 3.8) is 0 Å². The number of hydrogen-bond donors (Lipinski definition) is 0. The van der Waals surface area contributed by atoms with Crippen molar-refractivity contribution in [2.75, 3.05) is 13.6 Å². The largest absolute Gasteiger partial charge is 0.454 e. The van der Waals surface area contributed by atoms with Gasteiger partial charge in [-0.1, -0.05) is 74.0 Å². The number of hydrogen-bond acceptors (Lipinski definition) is 8. The molecule has 7 rings (SSSR count). The van der Waals surface area contributed by atoms with E-state index in [2.05, 4.69) is 16.4 Å². The third-order valence-corrected chi connectivity index (χ3v) is 9.90. The van der Waals surface area contributed by atoms with Crippen LogP contribution in [0.3, 0.4) is 0 Å². The van der Waals surface area contributed by atoms with Gasteiger partial charge in [0.15, 0.2) is 28.0 Å². The van der Waals surface area contributed by atoms with Gasteiger partial charge < -0.3 is 23.5 Å². The Labute approximate surface area is 268 Å². The number of nitrogens with zero attached hydrogens (tertiary/aromatic N) is 3. The smallest absolute Gasteiger partial charge is 0.231 e. The minimum absolute atomic E-state index is 0.0787. The fourth-order valence-corrected chi connectivity index (χ4v) is 7.31. The molecule has 236 valence electrons. The van der Waals surface area contributed by atoms with Crippen molar-refractivity contribution in [1.82, 2.24) is 14.5 Å². The molecule has 0 spiro atoms. The van der Waals surface area contributed by atoms with Crippen molar-refractivity contribution < 1.29 is 27.4 Å². The van der Waals surface area contributed by atoms with Crippen LogP contribution in [0.5, 0.6) is 23.0 Å². The summed E-state index contributed by atoms with van der Waals surface area (Å²) in [7, 11) is -3.94. The first-order chi connectivity index (χ1) is 22.5. The predicted octanol–water partition coefficient (Wildman–Crippen LogP) is 6.84. The van der Waals surface area contributed by atoms with Crippen LogP contribution in [-0.4, -0.2) is 36.5 Å². The van der Waals surface area contributed by atoms with E-state index in [0.29, 0.717) is 60.7 Å². The Hall–Kier alpha value is -4.80. The molecule has 0 saturated heterocycles. The summed E-state index contributed by atoms with van der Waals surface area (Å²) in [4.78, 5) is 7.36. The lowest BCUT2D eigenvalue weighted by molar-refractivity contribution is 0.173. The van der Waals surface area contributed by atoms with E-state index in [1.54, 1.807) is 24.3 Å². The van der Waals surface area contributed by atoms with Gasteiger partial charge in [0.1, 0.15) is 5.82 Å². The standard InChI is InChI=1S/C36H35N3O6S/c1-2-3-18-39-30(36(37-35(39)28-10-6-4-7-11-28)46(40,41)29-12-8-5-9-13-29)23-38(21-26-14-16-31-33(19-26)44-24-42-31)22-27-15-17-32-34(20-27)45-25-43-32/h4-17,19-20H,2-3,18,21-25H2,1H3. The van der Waals surface area contributed by atoms with Gasteiger partial charge in [0.05, 0.1) is 10.6 Å². The third kappa shape index (κ3) is 6.05. The highest BCUT2D eigenvalue weighted by Gasteiger charge is 2.31.